The number of benzene rings is 1. The Labute approximate surface area is 174 Å². The topological polar surface area (TPSA) is 87.7 Å². The minimum absolute atomic E-state index is 0.00223. The van der Waals surface area contributed by atoms with E-state index < -0.39 is 17.7 Å². The lowest BCUT2D eigenvalue weighted by Gasteiger charge is -2.30. The Morgan fingerprint density at radius 3 is 2.34 bits per heavy atom. The summed E-state index contributed by atoms with van der Waals surface area (Å²) in [5.41, 5.74) is 1.01. The fraction of sp³-hybridized carbons (Fsp3) is 0.591. The van der Waals surface area contributed by atoms with Crippen LogP contribution >= 0.6 is 0 Å². The molecule has 1 aromatic carbocycles. The van der Waals surface area contributed by atoms with E-state index in [1.54, 1.807) is 27.8 Å². The fourth-order valence-corrected chi connectivity index (χ4v) is 2.98. The lowest BCUT2D eigenvalue weighted by Crippen LogP contribution is -2.47. The Kier molecular flexibility index (Phi) is 9.14. The van der Waals surface area contributed by atoms with E-state index in [9.17, 15) is 14.4 Å². The highest BCUT2D eigenvalue weighted by atomic mass is 16.6. The van der Waals surface area contributed by atoms with Crippen molar-refractivity contribution in [1.82, 2.24) is 15.5 Å². The van der Waals surface area contributed by atoms with Crippen molar-refractivity contribution >= 4 is 17.9 Å². The average molecular weight is 406 g/mol. The maximum atomic E-state index is 13.0. The van der Waals surface area contributed by atoms with E-state index in [0.717, 1.165) is 24.0 Å². The molecule has 2 unspecified atom stereocenters. The van der Waals surface area contributed by atoms with Crippen LogP contribution in [0.4, 0.5) is 4.79 Å². The minimum Gasteiger partial charge on any atom is -0.444 e. The van der Waals surface area contributed by atoms with Crippen LogP contribution in [0, 0.1) is 6.92 Å². The Hall–Kier alpha value is -2.57. The van der Waals surface area contributed by atoms with Gasteiger partial charge in [0.2, 0.25) is 11.8 Å². The van der Waals surface area contributed by atoms with E-state index >= 15 is 0 Å². The van der Waals surface area contributed by atoms with Crippen molar-refractivity contribution in [3.05, 3.63) is 35.4 Å². The Balaban J connectivity index is 2.97. The first kappa shape index (κ1) is 24.5. The van der Waals surface area contributed by atoms with Crippen LogP contribution in [0.25, 0.3) is 0 Å². The molecule has 0 fully saturated rings. The summed E-state index contributed by atoms with van der Waals surface area (Å²) in [4.78, 5) is 39.0. The van der Waals surface area contributed by atoms with Gasteiger partial charge in [0.1, 0.15) is 18.2 Å². The standard InChI is InChI=1S/C22H35N3O4/c1-8-11-16(3)24-20(27)19(17-13-10-9-12-15(17)2)25(7)18(26)14-23-21(28)29-22(4,5)6/h9-10,12-13,16,19H,8,11,14H2,1-7H3,(H,23,28)(H,24,27). The third kappa shape index (κ3) is 8.13. The molecule has 3 amide bonds. The molecular formula is C22H35N3O4. The van der Waals surface area contributed by atoms with Crippen LogP contribution < -0.4 is 10.6 Å². The summed E-state index contributed by atoms with van der Waals surface area (Å²) >= 11 is 0. The Morgan fingerprint density at radius 1 is 1.17 bits per heavy atom. The summed E-state index contributed by atoms with van der Waals surface area (Å²) < 4.78 is 5.16. The number of ether oxygens (including phenoxy) is 1. The molecule has 1 rings (SSSR count). The summed E-state index contributed by atoms with van der Waals surface area (Å²) in [5, 5.41) is 5.45. The first-order chi connectivity index (χ1) is 13.5. The van der Waals surface area contributed by atoms with Gasteiger partial charge in [0.15, 0.2) is 0 Å². The maximum absolute atomic E-state index is 13.0. The van der Waals surface area contributed by atoms with Crippen molar-refractivity contribution in [2.24, 2.45) is 0 Å². The Morgan fingerprint density at radius 2 is 1.79 bits per heavy atom. The number of carbonyl (C=O) groups is 3. The zero-order chi connectivity index (χ0) is 22.2. The van der Waals surface area contributed by atoms with Gasteiger partial charge in [0.25, 0.3) is 0 Å². The minimum atomic E-state index is -0.788. The van der Waals surface area contributed by atoms with Gasteiger partial charge in [-0.25, -0.2) is 4.79 Å². The van der Waals surface area contributed by atoms with Crippen LogP contribution in [-0.4, -0.2) is 48.0 Å². The summed E-state index contributed by atoms with van der Waals surface area (Å²) in [6, 6.07) is 6.69. The van der Waals surface area contributed by atoms with Crippen LogP contribution in [0.5, 0.6) is 0 Å². The quantitative estimate of drug-likeness (QED) is 0.694. The number of hydrogen-bond acceptors (Lipinski definition) is 4. The third-order valence-electron chi connectivity index (χ3n) is 4.41. The third-order valence-corrected chi connectivity index (χ3v) is 4.41. The van der Waals surface area contributed by atoms with Gasteiger partial charge in [-0.2, -0.15) is 0 Å². The molecule has 0 bridgehead atoms. The molecule has 0 radical (unpaired) electrons. The summed E-state index contributed by atoms with van der Waals surface area (Å²) in [6.45, 7) is 10.9. The lowest BCUT2D eigenvalue weighted by atomic mass is 9.99. The van der Waals surface area contributed by atoms with Crippen molar-refractivity contribution < 1.29 is 19.1 Å². The summed E-state index contributed by atoms with van der Waals surface area (Å²) in [6.07, 6.45) is 1.13. The monoisotopic (exact) mass is 405 g/mol. The molecule has 0 aliphatic heterocycles. The normalized spacial score (nSPS) is 13.2. The molecule has 0 aromatic heterocycles. The first-order valence-electron chi connectivity index (χ1n) is 10.0. The fourth-order valence-electron chi connectivity index (χ4n) is 2.98. The molecule has 0 saturated heterocycles. The van der Waals surface area contributed by atoms with Crippen molar-refractivity contribution in [3.8, 4) is 0 Å². The average Bonchev–Trinajstić information content (AvgIpc) is 2.60. The van der Waals surface area contributed by atoms with E-state index in [1.807, 2.05) is 38.1 Å². The molecule has 7 nitrogen and oxygen atoms in total. The number of rotatable bonds is 8. The second-order valence-electron chi connectivity index (χ2n) is 8.32. The van der Waals surface area contributed by atoms with Crippen molar-refractivity contribution in [2.45, 2.75) is 72.1 Å². The molecule has 162 valence electrons. The second-order valence-corrected chi connectivity index (χ2v) is 8.32. The molecule has 0 saturated carbocycles. The zero-order valence-corrected chi connectivity index (χ0v) is 18.7. The first-order valence-corrected chi connectivity index (χ1v) is 10.0. The van der Waals surface area contributed by atoms with Crippen LogP contribution in [0.15, 0.2) is 24.3 Å². The molecule has 2 N–H and O–H groups in total. The predicted molar refractivity (Wildman–Crippen MR) is 113 cm³/mol. The van der Waals surface area contributed by atoms with Gasteiger partial charge in [-0.05, 0) is 52.2 Å². The van der Waals surface area contributed by atoms with Gasteiger partial charge in [0.05, 0.1) is 0 Å². The smallest absolute Gasteiger partial charge is 0.408 e. The van der Waals surface area contributed by atoms with Gasteiger partial charge in [-0.1, -0.05) is 37.6 Å². The molecule has 7 heteroatoms. The van der Waals surface area contributed by atoms with Crippen molar-refractivity contribution in [3.63, 3.8) is 0 Å². The molecule has 2 atom stereocenters. The van der Waals surface area contributed by atoms with Crippen molar-refractivity contribution in [2.75, 3.05) is 13.6 Å². The van der Waals surface area contributed by atoms with Gasteiger partial charge in [-0.3, -0.25) is 9.59 Å². The number of alkyl carbamates (subject to hydrolysis) is 1. The second kappa shape index (κ2) is 10.8. The number of likely N-dealkylation sites (N-methyl/N-ethyl adjacent to an activating group) is 1. The molecule has 0 spiro atoms. The van der Waals surface area contributed by atoms with Crippen LogP contribution in [0.1, 0.15) is 64.6 Å². The van der Waals surface area contributed by atoms with Crippen LogP contribution in [-0.2, 0) is 14.3 Å². The van der Waals surface area contributed by atoms with Gasteiger partial charge in [0, 0.05) is 13.1 Å². The molecule has 0 aliphatic rings. The number of amides is 3. The van der Waals surface area contributed by atoms with E-state index in [1.165, 1.54) is 4.90 Å². The van der Waals surface area contributed by atoms with Gasteiger partial charge in [-0.15, -0.1) is 0 Å². The number of hydrogen-bond donors (Lipinski definition) is 2. The largest absolute Gasteiger partial charge is 0.444 e. The highest BCUT2D eigenvalue weighted by Gasteiger charge is 2.30. The van der Waals surface area contributed by atoms with E-state index in [0.29, 0.717) is 0 Å². The Bertz CT molecular complexity index is 712. The summed E-state index contributed by atoms with van der Waals surface area (Å²) in [5.74, 6) is -0.629. The molecule has 29 heavy (non-hydrogen) atoms. The van der Waals surface area contributed by atoms with Crippen molar-refractivity contribution in [1.29, 1.82) is 0 Å². The van der Waals surface area contributed by atoms with Gasteiger partial charge < -0.3 is 20.3 Å². The molecule has 0 heterocycles. The lowest BCUT2D eigenvalue weighted by molar-refractivity contribution is -0.138. The summed E-state index contributed by atoms with van der Waals surface area (Å²) in [7, 11) is 1.57. The number of carbonyl (C=O) groups excluding carboxylic acids is 3. The molecule has 1 aromatic rings. The maximum Gasteiger partial charge on any atom is 0.408 e. The zero-order valence-electron chi connectivity index (χ0n) is 18.7. The SMILES string of the molecule is CCCC(C)NC(=O)C(c1ccccc1C)N(C)C(=O)CNC(=O)OC(C)(C)C. The van der Waals surface area contributed by atoms with E-state index in [4.69, 9.17) is 4.74 Å². The number of aryl methyl sites for hydroxylation is 1. The highest BCUT2D eigenvalue weighted by Crippen LogP contribution is 2.23. The van der Waals surface area contributed by atoms with Gasteiger partial charge >= 0.3 is 6.09 Å². The van der Waals surface area contributed by atoms with Crippen LogP contribution in [0.3, 0.4) is 0 Å². The van der Waals surface area contributed by atoms with E-state index in [2.05, 4.69) is 17.6 Å². The molecule has 0 aliphatic carbocycles. The van der Waals surface area contributed by atoms with E-state index in [-0.39, 0.29) is 24.4 Å². The molecular weight excluding hydrogens is 370 g/mol. The number of nitrogens with one attached hydrogen (secondary N) is 2. The highest BCUT2D eigenvalue weighted by molar-refractivity contribution is 5.90. The number of nitrogens with zero attached hydrogens (tertiary/aromatic N) is 1. The van der Waals surface area contributed by atoms with Crippen LogP contribution in [0.2, 0.25) is 0 Å². The predicted octanol–water partition coefficient (Wildman–Crippen LogP) is 3.32.